The standard InChI is InChI=1S/C22H20N4O4/c27-21(24-19-10-12-23-13-11-19)18-8-6-17(7-9-18)20(25-30)15-26(22(28)29)14-16-4-2-1-3-5-16/h1-13,30H,14-15H2,(H,28,29)(H,23,24,27). The molecule has 0 atom stereocenters. The molecule has 0 saturated carbocycles. The van der Waals surface area contributed by atoms with Gasteiger partial charge in [0.25, 0.3) is 5.91 Å². The van der Waals surface area contributed by atoms with Crippen LogP contribution in [0.15, 0.2) is 84.3 Å². The fraction of sp³-hybridized carbons (Fsp3) is 0.0909. The molecule has 8 nitrogen and oxygen atoms in total. The van der Waals surface area contributed by atoms with Gasteiger partial charge < -0.3 is 15.6 Å². The third kappa shape index (κ3) is 5.41. The number of pyridine rings is 1. The van der Waals surface area contributed by atoms with E-state index in [1.165, 1.54) is 0 Å². The highest BCUT2D eigenvalue weighted by atomic mass is 16.4. The summed E-state index contributed by atoms with van der Waals surface area (Å²) in [6.07, 6.45) is 2.02. The van der Waals surface area contributed by atoms with Crippen molar-refractivity contribution in [3.63, 3.8) is 0 Å². The van der Waals surface area contributed by atoms with Crippen molar-refractivity contribution in [3.05, 3.63) is 95.8 Å². The van der Waals surface area contributed by atoms with E-state index in [2.05, 4.69) is 15.5 Å². The third-order valence-electron chi connectivity index (χ3n) is 4.37. The van der Waals surface area contributed by atoms with Crippen molar-refractivity contribution >= 4 is 23.4 Å². The second kappa shape index (κ2) is 9.83. The van der Waals surface area contributed by atoms with Gasteiger partial charge in [-0.25, -0.2) is 4.79 Å². The number of oxime groups is 1. The van der Waals surface area contributed by atoms with Gasteiger partial charge in [0.05, 0.1) is 6.54 Å². The van der Waals surface area contributed by atoms with Crippen molar-refractivity contribution in [1.82, 2.24) is 9.88 Å². The lowest BCUT2D eigenvalue weighted by Crippen LogP contribution is -2.34. The molecule has 1 heterocycles. The molecule has 1 aromatic heterocycles. The van der Waals surface area contributed by atoms with Gasteiger partial charge in [0.1, 0.15) is 5.71 Å². The highest BCUT2D eigenvalue weighted by Gasteiger charge is 2.17. The SMILES string of the molecule is O=C(Nc1ccncc1)c1ccc(C(CN(Cc2ccccc2)C(=O)O)=NO)cc1. The average molecular weight is 404 g/mol. The van der Waals surface area contributed by atoms with Gasteiger partial charge >= 0.3 is 6.09 Å². The number of nitrogens with one attached hydrogen (secondary N) is 1. The maximum absolute atomic E-state index is 12.3. The van der Waals surface area contributed by atoms with Crippen LogP contribution >= 0.6 is 0 Å². The zero-order valence-corrected chi connectivity index (χ0v) is 16.0. The summed E-state index contributed by atoms with van der Waals surface area (Å²) in [5.74, 6) is -0.300. The fourth-order valence-corrected chi connectivity index (χ4v) is 2.81. The second-order valence-electron chi connectivity index (χ2n) is 6.44. The number of amides is 2. The molecule has 0 bridgehead atoms. The van der Waals surface area contributed by atoms with Crippen molar-refractivity contribution in [2.75, 3.05) is 11.9 Å². The lowest BCUT2D eigenvalue weighted by Gasteiger charge is -2.20. The monoisotopic (exact) mass is 404 g/mol. The molecular weight excluding hydrogens is 384 g/mol. The molecule has 0 unspecified atom stereocenters. The van der Waals surface area contributed by atoms with E-state index in [-0.39, 0.29) is 24.7 Å². The number of carboxylic acid groups (broad SMARTS) is 1. The number of rotatable bonds is 7. The first-order chi connectivity index (χ1) is 14.6. The van der Waals surface area contributed by atoms with Crippen LogP contribution in [-0.4, -0.2) is 44.5 Å². The maximum Gasteiger partial charge on any atom is 0.407 e. The molecule has 0 aliphatic heterocycles. The molecule has 152 valence electrons. The Kier molecular flexibility index (Phi) is 6.73. The highest BCUT2D eigenvalue weighted by Crippen LogP contribution is 2.12. The quantitative estimate of drug-likeness (QED) is 0.316. The molecule has 0 aliphatic carbocycles. The van der Waals surface area contributed by atoms with Crippen LogP contribution in [0.25, 0.3) is 0 Å². The summed E-state index contributed by atoms with van der Waals surface area (Å²) < 4.78 is 0. The number of aromatic nitrogens is 1. The van der Waals surface area contributed by atoms with Gasteiger partial charge in [0.2, 0.25) is 0 Å². The molecular formula is C22H20N4O4. The molecule has 0 fully saturated rings. The Bertz CT molecular complexity index is 1020. The predicted octanol–water partition coefficient (Wildman–Crippen LogP) is 3.69. The van der Waals surface area contributed by atoms with Crippen LogP contribution in [0.2, 0.25) is 0 Å². The molecule has 3 aromatic rings. The normalized spacial score (nSPS) is 11.0. The fourth-order valence-electron chi connectivity index (χ4n) is 2.81. The van der Waals surface area contributed by atoms with E-state index < -0.39 is 6.09 Å². The lowest BCUT2D eigenvalue weighted by molar-refractivity contribution is 0.102. The van der Waals surface area contributed by atoms with E-state index in [4.69, 9.17) is 0 Å². The molecule has 3 rings (SSSR count). The first-order valence-corrected chi connectivity index (χ1v) is 9.11. The van der Waals surface area contributed by atoms with Gasteiger partial charge in [-0.2, -0.15) is 0 Å². The Morgan fingerprint density at radius 2 is 1.57 bits per heavy atom. The Morgan fingerprint density at radius 3 is 2.17 bits per heavy atom. The van der Waals surface area contributed by atoms with Crippen molar-refractivity contribution in [2.45, 2.75) is 6.54 Å². The van der Waals surface area contributed by atoms with E-state index in [1.807, 2.05) is 30.3 Å². The Hall–Kier alpha value is -4.20. The molecule has 2 aromatic carbocycles. The van der Waals surface area contributed by atoms with Crippen LogP contribution in [0.5, 0.6) is 0 Å². The first-order valence-electron chi connectivity index (χ1n) is 9.11. The molecule has 0 radical (unpaired) electrons. The second-order valence-corrected chi connectivity index (χ2v) is 6.44. The number of anilines is 1. The van der Waals surface area contributed by atoms with E-state index in [0.717, 1.165) is 10.5 Å². The summed E-state index contributed by atoms with van der Waals surface area (Å²) >= 11 is 0. The van der Waals surface area contributed by atoms with E-state index >= 15 is 0 Å². The molecule has 2 amide bonds. The number of carbonyl (C=O) groups excluding carboxylic acids is 1. The van der Waals surface area contributed by atoms with Crippen LogP contribution in [0.3, 0.4) is 0 Å². The van der Waals surface area contributed by atoms with E-state index in [9.17, 15) is 19.9 Å². The molecule has 3 N–H and O–H groups in total. The number of hydrogen-bond acceptors (Lipinski definition) is 5. The van der Waals surface area contributed by atoms with Gasteiger partial charge in [0, 0.05) is 35.8 Å². The topological polar surface area (TPSA) is 115 Å². The first kappa shape index (κ1) is 20.5. The van der Waals surface area contributed by atoms with Gasteiger partial charge in [0.15, 0.2) is 0 Å². The summed E-state index contributed by atoms with van der Waals surface area (Å²) in [6, 6.07) is 18.9. The minimum Gasteiger partial charge on any atom is -0.465 e. The van der Waals surface area contributed by atoms with Gasteiger partial charge in [-0.1, -0.05) is 47.6 Å². The van der Waals surface area contributed by atoms with Crippen LogP contribution in [-0.2, 0) is 6.54 Å². The van der Waals surface area contributed by atoms with Gasteiger partial charge in [-0.3, -0.25) is 14.7 Å². The van der Waals surface area contributed by atoms with Crippen LogP contribution < -0.4 is 5.32 Å². The lowest BCUT2D eigenvalue weighted by atomic mass is 10.1. The Balaban J connectivity index is 1.70. The average Bonchev–Trinajstić information content (AvgIpc) is 2.78. The number of nitrogens with zero attached hydrogens (tertiary/aromatic N) is 3. The zero-order valence-electron chi connectivity index (χ0n) is 16.0. The van der Waals surface area contributed by atoms with Gasteiger partial charge in [-0.15, -0.1) is 0 Å². The summed E-state index contributed by atoms with van der Waals surface area (Å²) in [5.41, 5.74) is 2.54. The highest BCUT2D eigenvalue weighted by molar-refractivity contribution is 6.06. The van der Waals surface area contributed by atoms with Gasteiger partial charge in [-0.05, 0) is 29.8 Å². The van der Waals surface area contributed by atoms with E-state index in [1.54, 1.807) is 48.8 Å². The number of benzene rings is 2. The molecule has 0 aliphatic rings. The Morgan fingerprint density at radius 1 is 0.933 bits per heavy atom. The van der Waals surface area contributed by atoms with Crippen LogP contribution in [0.1, 0.15) is 21.5 Å². The molecule has 0 saturated heterocycles. The van der Waals surface area contributed by atoms with Crippen molar-refractivity contribution in [1.29, 1.82) is 0 Å². The molecule has 0 spiro atoms. The van der Waals surface area contributed by atoms with Crippen molar-refractivity contribution in [2.24, 2.45) is 5.16 Å². The third-order valence-corrected chi connectivity index (χ3v) is 4.37. The zero-order chi connectivity index (χ0) is 21.3. The van der Waals surface area contributed by atoms with Crippen molar-refractivity contribution in [3.8, 4) is 0 Å². The summed E-state index contributed by atoms with van der Waals surface area (Å²) in [7, 11) is 0. The summed E-state index contributed by atoms with van der Waals surface area (Å²) in [4.78, 5) is 29.0. The molecule has 30 heavy (non-hydrogen) atoms. The van der Waals surface area contributed by atoms with Crippen LogP contribution in [0, 0.1) is 0 Å². The smallest absolute Gasteiger partial charge is 0.407 e. The number of hydrogen-bond donors (Lipinski definition) is 3. The minimum atomic E-state index is -1.13. The molecule has 8 heteroatoms. The largest absolute Gasteiger partial charge is 0.465 e. The van der Waals surface area contributed by atoms with E-state index in [0.29, 0.717) is 16.8 Å². The number of carbonyl (C=O) groups is 2. The van der Waals surface area contributed by atoms with Crippen LogP contribution in [0.4, 0.5) is 10.5 Å². The summed E-state index contributed by atoms with van der Waals surface area (Å²) in [6.45, 7) is 0.0465. The Labute approximate surface area is 173 Å². The minimum absolute atomic E-state index is 0.108. The predicted molar refractivity (Wildman–Crippen MR) is 112 cm³/mol. The summed E-state index contributed by atoms with van der Waals surface area (Å²) in [5, 5.41) is 25.0. The maximum atomic E-state index is 12.3. The van der Waals surface area contributed by atoms with Crippen molar-refractivity contribution < 1.29 is 19.9 Å².